The van der Waals surface area contributed by atoms with E-state index in [1.54, 1.807) is 30.3 Å². The molecule has 0 saturated heterocycles. The highest BCUT2D eigenvalue weighted by Crippen LogP contribution is 2.47. The second kappa shape index (κ2) is 14.1. The molecule has 0 amide bonds. The maximum Gasteiger partial charge on any atom is 0.143 e. The first-order chi connectivity index (χ1) is 32.1. The number of fused-ring (bicyclic) bond motifs is 6. The van der Waals surface area contributed by atoms with Crippen molar-refractivity contribution in [3.8, 4) is 44.5 Å². The van der Waals surface area contributed by atoms with E-state index in [0.29, 0.717) is 33.5 Å². The number of rotatable bonds is 7. The van der Waals surface area contributed by atoms with Gasteiger partial charge in [0.25, 0.3) is 0 Å². The van der Waals surface area contributed by atoms with Gasteiger partial charge >= 0.3 is 0 Å². The van der Waals surface area contributed by atoms with Gasteiger partial charge in [-0.15, -0.1) is 0 Å². The third-order valence-corrected chi connectivity index (χ3v) is 10.8. The van der Waals surface area contributed by atoms with Crippen molar-refractivity contribution in [1.82, 2.24) is 0 Å². The van der Waals surface area contributed by atoms with E-state index in [9.17, 15) is 11.0 Å². The Kier molecular flexibility index (Phi) is 6.38. The van der Waals surface area contributed by atoms with E-state index >= 15 is 0 Å². The van der Waals surface area contributed by atoms with Gasteiger partial charge in [0.05, 0.1) is 16.7 Å². The smallest absolute Gasteiger partial charge is 0.143 e. The molecule has 2 heteroatoms. The van der Waals surface area contributed by atoms with Crippen molar-refractivity contribution in [1.29, 1.82) is 0 Å². The minimum atomic E-state index is -0.416. The third kappa shape index (κ3) is 5.82. The number of nitrogens with zero attached hydrogens (tertiary/aromatic N) is 1. The number of benzene rings is 10. The molecule has 0 saturated carbocycles. The molecule has 0 N–H and O–H groups in total. The van der Waals surface area contributed by atoms with Crippen LogP contribution in [-0.2, 0) is 0 Å². The zero-order valence-electron chi connectivity index (χ0n) is 39.1. The number of para-hydroxylation sites is 2. The summed E-state index contributed by atoms with van der Waals surface area (Å²) in [6, 6.07) is 52.3. The first-order valence-corrected chi connectivity index (χ1v) is 19.2. The molecule has 0 aliphatic heterocycles. The van der Waals surface area contributed by atoms with Crippen LogP contribution in [0.2, 0.25) is 0 Å². The van der Waals surface area contributed by atoms with Crippen LogP contribution in [0.3, 0.4) is 0 Å². The number of anilines is 3. The fourth-order valence-electron chi connectivity index (χ4n) is 8.04. The van der Waals surface area contributed by atoms with Gasteiger partial charge in [-0.3, -0.25) is 0 Å². The fraction of sp³-hybridized carbons (Fsp3) is 0. The summed E-state index contributed by atoms with van der Waals surface area (Å²) in [5, 5.41) is 5.07. The maximum absolute atomic E-state index is 9.81. The SMILES string of the molecule is [2H]c1c([2H])c(N(c2ccccc2-c2cc3ccccc3c3oc4ccccc4c23)c2c([2H])c([2H])c(-c3cccc4ccccc34)c([2H])c2[2H])c([2H])c([2H])c1-c1ccc(-c2ccccc2)cc1. The molecule has 0 unspecified atom stereocenters. The monoisotopic (exact) mass is 747 g/mol. The molecule has 0 aliphatic carbocycles. The zero-order valence-corrected chi connectivity index (χ0v) is 31.1. The lowest BCUT2D eigenvalue weighted by atomic mass is 9.93. The molecule has 11 rings (SSSR count). The predicted molar refractivity (Wildman–Crippen MR) is 245 cm³/mol. The summed E-state index contributed by atoms with van der Waals surface area (Å²) in [4.78, 5) is 1.40. The Morgan fingerprint density at radius 2 is 0.897 bits per heavy atom. The molecule has 0 spiro atoms. The van der Waals surface area contributed by atoms with E-state index in [1.807, 2.05) is 146 Å². The fourth-order valence-corrected chi connectivity index (χ4v) is 8.04. The first kappa shape index (κ1) is 26.2. The minimum Gasteiger partial charge on any atom is -0.455 e. The number of furan rings is 1. The Morgan fingerprint density at radius 3 is 1.66 bits per heavy atom. The van der Waals surface area contributed by atoms with Crippen LogP contribution in [0.1, 0.15) is 11.0 Å². The highest BCUT2D eigenvalue weighted by molar-refractivity contribution is 6.22. The summed E-state index contributed by atoms with van der Waals surface area (Å²) in [6.45, 7) is 0. The van der Waals surface area contributed by atoms with E-state index in [2.05, 4.69) is 0 Å². The summed E-state index contributed by atoms with van der Waals surface area (Å²) in [6.07, 6.45) is 0. The zero-order chi connectivity index (χ0) is 45.4. The van der Waals surface area contributed by atoms with Crippen molar-refractivity contribution >= 4 is 60.5 Å². The van der Waals surface area contributed by atoms with Gasteiger partial charge in [-0.1, -0.05) is 182 Å². The van der Waals surface area contributed by atoms with E-state index in [1.165, 1.54) is 4.90 Å². The first-order valence-electron chi connectivity index (χ1n) is 23.2. The minimum absolute atomic E-state index is 0.0913. The molecule has 272 valence electrons. The average molecular weight is 748 g/mol. The molecule has 0 fully saturated rings. The number of hydrogen-bond donors (Lipinski definition) is 0. The summed E-state index contributed by atoms with van der Waals surface area (Å²) >= 11 is 0. The lowest BCUT2D eigenvalue weighted by molar-refractivity contribution is 0.673. The highest BCUT2D eigenvalue weighted by atomic mass is 16.3. The molecular weight excluding hydrogens is 703 g/mol. The van der Waals surface area contributed by atoms with Crippen LogP contribution in [0.15, 0.2) is 229 Å². The van der Waals surface area contributed by atoms with Crippen molar-refractivity contribution in [3.05, 3.63) is 224 Å². The molecule has 0 atom stereocenters. The normalized spacial score (nSPS) is 13.4. The molecule has 1 aromatic heterocycles. The number of hydrogen-bond acceptors (Lipinski definition) is 2. The van der Waals surface area contributed by atoms with Gasteiger partial charge in [-0.05, 0) is 97.5 Å². The standard InChI is InChI=1S/C56H37NO/c1-2-13-38(14-3-1)39-25-27-40(28-26-39)41-29-33-45(34-30-41)57(46-35-31-43(32-36-46)48-22-12-17-42-15-4-6-18-47(42)48)53-23-10-8-20-50(53)52-37-44-16-5-7-19-49(44)56-55(52)51-21-9-11-24-54(51)58-56/h1-37H/i29D,30D,31D,32D,33D,34D,35D,36D. The maximum atomic E-state index is 9.81. The van der Waals surface area contributed by atoms with Gasteiger partial charge < -0.3 is 9.32 Å². The van der Waals surface area contributed by atoms with Gasteiger partial charge in [0.15, 0.2) is 0 Å². The molecule has 11 aromatic rings. The van der Waals surface area contributed by atoms with Gasteiger partial charge in [-0.2, -0.15) is 0 Å². The highest BCUT2D eigenvalue weighted by Gasteiger charge is 2.22. The summed E-state index contributed by atoms with van der Waals surface area (Å²) in [7, 11) is 0. The topological polar surface area (TPSA) is 16.4 Å². The quantitative estimate of drug-likeness (QED) is 0.161. The van der Waals surface area contributed by atoms with Crippen molar-refractivity contribution in [2.75, 3.05) is 4.90 Å². The van der Waals surface area contributed by atoms with E-state index in [-0.39, 0.29) is 46.7 Å². The lowest BCUT2D eigenvalue weighted by Crippen LogP contribution is -2.11. The van der Waals surface area contributed by atoms with Gasteiger partial charge in [0.2, 0.25) is 0 Å². The van der Waals surface area contributed by atoms with Crippen LogP contribution < -0.4 is 4.90 Å². The average Bonchev–Trinajstić information content (AvgIpc) is 3.75. The third-order valence-electron chi connectivity index (χ3n) is 10.8. The Bertz CT molecular complexity index is 3690. The van der Waals surface area contributed by atoms with Crippen molar-refractivity contribution in [2.24, 2.45) is 0 Å². The van der Waals surface area contributed by atoms with Crippen LogP contribution in [0.4, 0.5) is 17.1 Å². The van der Waals surface area contributed by atoms with Crippen LogP contribution >= 0.6 is 0 Å². The molecular formula is C56H37NO. The largest absolute Gasteiger partial charge is 0.455 e. The molecule has 58 heavy (non-hydrogen) atoms. The van der Waals surface area contributed by atoms with E-state index in [0.717, 1.165) is 49.0 Å². The summed E-state index contributed by atoms with van der Waals surface area (Å²) < 4.78 is 84.1. The van der Waals surface area contributed by atoms with Crippen molar-refractivity contribution in [3.63, 3.8) is 0 Å². The van der Waals surface area contributed by atoms with Gasteiger partial charge in [0.1, 0.15) is 11.2 Å². The molecule has 0 bridgehead atoms. The van der Waals surface area contributed by atoms with E-state index < -0.39 is 24.2 Å². The second-order valence-corrected chi connectivity index (χ2v) is 14.2. The van der Waals surface area contributed by atoms with Gasteiger partial charge in [-0.25, -0.2) is 0 Å². The summed E-state index contributed by atoms with van der Waals surface area (Å²) in [5.41, 5.74) is 5.63. The molecule has 0 radical (unpaired) electrons. The van der Waals surface area contributed by atoms with Crippen LogP contribution in [0.25, 0.3) is 88.0 Å². The van der Waals surface area contributed by atoms with Crippen LogP contribution in [0.5, 0.6) is 0 Å². The molecule has 2 nitrogen and oxygen atoms in total. The Hall–Kier alpha value is -7.68. The van der Waals surface area contributed by atoms with Crippen LogP contribution in [-0.4, -0.2) is 0 Å². The molecule has 10 aromatic carbocycles. The Labute approximate surface area is 348 Å². The summed E-state index contributed by atoms with van der Waals surface area (Å²) in [5.74, 6) is 0. The van der Waals surface area contributed by atoms with E-state index in [4.69, 9.17) is 4.42 Å². The Balaban J connectivity index is 1.21. The molecule has 1 heterocycles. The predicted octanol–water partition coefficient (Wildman–Crippen LogP) is 16.0. The second-order valence-electron chi connectivity index (χ2n) is 14.2. The van der Waals surface area contributed by atoms with Crippen molar-refractivity contribution < 1.29 is 15.4 Å². The lowest BCUT2D eigenvalue weighted by Gasteiger charge is -2.28. The van der Waals surface area contributed by atoms with Gasteiger partial charge in [0, 0.05) is 33.1 Å². The molecule has 0 aliphatic rings. The Morgan fingerprint density at radius 1 is 0.362 bits per heavy atom. The van der Waals surface area contributed by atoms with Crippen LogP contribution in [0, 0.1) is 0 Å². The van der Waals surface area contributed by atoms with Crippen molar-refractivity contribution in [2.45, 2.75) is 0 Å².